The summed E-state index contributed by atoms with van der Waals surface area (Å²) in [6, 6.07) is 5.93. The molecule has 0 aliphatic carbocycles. The zero-order valence-corrected chi connectivity index (χ0v) is 15.1. The van der Waals surface area contributed by atoms with Gasteiger partial charge in [0.2, 0.25) is 0 Å². The number of amides is 1. The third-order valence-electron chi connectivity index (χ3n) is 4.56. The lowest BCUT2D eigenvalue weighted by Gasteiger charge is -2.28. The monoisotopic (exact) mass is 356 g/mol. The predicted octanol–water partition coefficient (Wildman–Crippen LogP) is 2.62. The lowest BCUT2D eigenvalue weighted by molar-refractivity contribution is -0.121. The summed E-state index contributed by atoms with van der Waals surface area (Å²) in [6.45, 7) is 5.37. The molecule has 0 bridgehead atoms. The number of thiazole rings is 1. The van der Waals surface area contributed by atoms with Crippen LogP contribution in [-0.2, 0) is 11.2 Å². The first-order chi connectivity index (χ1) is 12.1. The smallest absolute Gasteiger partial charge is 0.265 e. The molecule has 1 aliphatic heterocycles. The molecule has 130 valence electrons. The van der Waals surface area contributed by atoms with E-state index in [9.17, 15) is 4.79 Å². The number of nitrogens with two attached hydrogens (primary N) is 1. The van der Waals surface area contributed by atoms with Crippen molar-refractivity contribution < 1.29 is 9.53 Å². The molecule has 0 saturated carbocycles. The van der Waals surface area contributed by atoms with E-state index in [1.165, 1.54) is 5.69 Å². The van der Waals surface area contributed by atoms with Crippen LogP contribution in [-0.4, -0.2) is 35.0 Å². The number of fused-ring (bicyclic) bond motifs is 2. The number of carbonyl (C=O) groups excluding carboxylic acids is 1. The molecule has 2 N–H and O–H groups in total. The van der Waals surface area contributed by atoms with Crippen molar-refractivity contribution in [1.82, 2.24) is 9.38 Å². The van der Waals surface area contributed by atoms with Gasteiger partial charge < -0.3 is 15.4 Å². The number of aromatic nitrogens is 2. The first kappa shape index (κ1) is 16.1. The first-order valence-electron chi connectivity index (χ1n) is 8.37. The van der Waals surface area contributed by atoms with Crippen LogP contribution in [0.15, 0.2) is 23.6 Å². The molecule has 25 heavy (non-hydrogen) atoms. The van der Waals surface area contributed by atoms with Gasteiger partial charge in [0.25, 0.3) is 5.91 Å². The minimum atomic E-state index is -0.0140. The van der Waals surface area contributed by atoms with E-state index in [-0.39, 0.29) is 12.5 Å². The predicted molar refractivity (Wildman–Crippen MR) is 99.5 cm³/mol. The highest BCUT2D eigenvalue weighted by Crippen LogP contribution is 2.37. The minimum Gasteiger partial charge on any atom is -0.482 e. The van der Waals surface area contributed by atoms with Gasteiger partial charge in [-0.15, -0.1) is 11.3 Å². The van der Waals surface area contributed by atoms with Gasteiger partial charge in [-0.3, -0.25) is 9.20 Å². The molecule has 0 radical (unpaired) electrons. The highest BCUT2D eigenvalue weighted by molar-refractivity contribution is 7.15. The Hall–Kier alpha value is -2.38. The zero-order chi connectivity index (χ0) is 17.6. The fourth-order valence-corrected chi connectivity index (χ4v) is 4.32. The summed E-state index contributed by atoms with van der Waals surface area (Å²) >= 11 is 1.62. The van der Waals surface area contributed by atoms with Crippen LogP contribution < -0.4 is 15.4 Å². The Morgan fingerprint density at radius 2 is 2.24 bits per heavy atom. The number of benzene rings is 1. The molecule has 0 fully saturated rings. The highest BCUT2D eigenvalue weighted by atomic mass is 32.1. The van der Waals surface area contributed by atoms with E-state index < -0.39 is 0 Å². The van der Waals surface area contributed by atoms with Crippen molar-refractivity contribution in [2.24, 2.45) is 5.73 Å². The highest BCUT2D eigenvalue weighted by Gasteiger charge is 2.25. The van der Waals surface area contributed by atoms with Gasteiger partial charge in [0.05, 0.1) is 11.4 Å². The standard InChI is InChI=1S/C18H20N4O2S/c1-3-21-14-8-12(4-5-15(14)24-9-16(21)23)17-11(2)22-13(6-7-19)10-25-18(22)20-17/h4-5,8,10H,3,6-7,9,19H2,1-2H3. The SMILES string of the molecule is CCN1C(=O)COc2ccc(-c3nc4scc(CCN)n4c3C)cc21. The second-order valence-electron chi connectivity index (χ2n) is 6.04. The Labute approximate surface area is 149 Å². The number of hydrogen-bond donors (Lipinski definition) is 1. The summed E-state index contributed by atoms with van der Waals surface area (Å²) in [5.41, 5.74) is 10.7. The summed E-state index contributed by atoms with van der Waals surface area (Å²) in [5, 5.41) is 2.12. The third-order valence-corrected chi connectivity index (χ3v) is 5.43. The van der Waals surface area contributed by atoms with E-state index in [4.69, 9.17) is 15.5 Å². The van der Waals surface area contributed by atoms with Crippen molar-refractivity contribution >= 4 is 27.9 Å². The van der Waals surface area contributed by atoms with Crippen LogP contribution >= 0.6 is 11.3 Å². The number of anilines is 1. The number of nitrogens with zero attached hydrogens (tertiary/aromatic N) is 3. The van der Waals surface area contributed by atoms with E-state index in [1.807, 2.05) is 25.1 Å². The van der Waals surface area contributed by atoms with E-state index in [0.717, 1.165) is 39.8 Å². The van der Waals surface area contributed by atoms with Crippen molar-refractivity contribution in [2.75, 3.05) is 24.6 Å². The van der Waals surface area contributed by atoms with Gasteiger partial charge in [0, 0.05) is 35.3 Å². The molecular formula is C18H20N4O2S. The Morgan fingerprint density at radius 1 is 1.40 bits per heavy atom. The fraction of sp³-hybridized carbons (Fsp3) is 0.333. The maximum Gasteiger partial charge on any atom is 0.265 e. The second-order valence-corrected chi connectivity index (χ2v) is 6.88. The van der Waals surface area contributed by atoms with Gasteiger partial charge in [0.1, 0.15) is 5.75 Å². The molecule has 0 spiro atoms. The molecule has 3 aromatic rings. The number of ether oxygens (including phenoxy) is 1. The van der Waals surface area contributed by atoms with Crippen molar-refractivity contribution in [3.8, 4) is 17.0 Å². The van der Waals surface area contributed by atoms with E-state index in [0.29, 0.717) is 13.1 Å². The second kappa shape index (κ2) is 6.16. The van der Waals surface area contributed by atoms with E-state index >= 15 is 0 Å². The summed E-state index contributed by atoms with van der Waals surface area (Å²) in [4.78, 5) is 19.6. The van der Waals surface area contributed by atoms with Crippen molar-refractivity contribution in [1.29, 1.82) is 0 Å². The van der Waals surface area contributed by atoms with Gasteiger partial charge in [0.15, 0.2) is 11.6 Å². The molecule has 0 saturated heterocycles. The Kier molecular flexibility index (Phi) is 3.97. The van der Waals surface area contributed by atoms with Gasteiger partial charge in [-0.25, -0.2) is 4.98 Å². The lowest BCUT2D eigenvalue weighted by Crippen LogP contribution is -2.38. The molecule has 1 amide bonds. The number of imidazole rings is 1. The van der Waals surface area contributed by atoms with Crippen LogP contribution in [0.4, 0.5) is 5.69 Å². The average Bonchev–Trinajstić information content (AvgIpc) is 3.16. The normalized spacial score (nSPS) is 14.0. The summed E-state index contributed by atoms with van der Waals surface area (Å²) in [7, 11) is 0. The van der Waals surface area contributed by atoms with Crippen LogP contribution in [0.2, 0.25) is 0 Å². The summed E-state index contributed by atoms with van der Waals surface area (Å²) in [6.07, 6.45) is 0.826. The topological polar surface area (TPSA) is 72.9 Å². The van der Waals surface area contributed by atoms with Crippen LogP contribution in [0.1, 0.15) is 18.3 Å². The Morgan fingerprint density at radius 3 is 3.00 bits per heavy atom. The molecule has 0 atom stereocenters. The van der Waals surface area contributed by atoms with Crippen LogP contribution in [0.5, 0.6) is 5.75 Å². The molecule has 0 unspecified atom stereocenters. The van der Waals surface area contributed by atoms with Gasteiger partial charge in [-0.2, -0.15) is 0 Å². The maximum atomic E-state index is 12.1. The number of carbonyl (C=O) groups is 1. The fourth-order valence-electron chi connectivity index (χ4n) is 3.35. The lowest BCUT2D eigenvalue weighted by atomic mass is 10.1. The quantitative estimate of drug-likeness (QED) is 0.780. The third kappa shape index (κ3) is 2.51. The molecule has 1 aliphatic rings. The molecule has 3 heterocycles. The van der Waals surface area contributed by atoms with Crippen molar-refractivity contribution in [3.63, 3.8) is 0 Å². The van der Waals surface area contributed by atoms with Crippen molar-refractivity contribution in [3.05, 3.63) is 35.0 Å². The van der Waals surface area contributed by atoms with Gasteiger partial charge in [-0.1, -0.05) is 0 Å². The minimum absolute atomic E-state index is 0.0140. The summed E-state index contributed by atoms with van der Waals surface area (Å²) < 4.78 is 7.73. The molecule has 7 heteroatoms. The summed E-state index contributed by atoms with van der Waals surface area (Å²) in [5.74, 6) is 0.729. The Balaban J connectivity index is 1.83. The van der Waals surface area contributed by atoms with Gasteiger partial charge in [-0.05, 0) is 38.6 Å². The number of hydrogen-bond acceptors (Lipinski definition) is 5. The molecule has 1 aromatic carbocycles. The largest absolute Gasteiger partial charge is 0.482 e. The van der Waals surface area contributed by atoms with Crippen LogP contribution in [0.25, 0.3) is 16.2 Å². The zero-order valence-electron chi connectivity index (χ0n) is 14.3. The number of aryl methyl sites for hydroxylation is 1. The van der Waals surface area contributed by atoms with Crippen LogP contribution in [0.3, 0.4) is 0 Å². The van der Waals surface area contributed by atoms with E-state index in [2.05, 4.69) is 16.7 Å². The average molecular weight is 356 g/mol. The number of likely N-dealkylation sites (N-methyl/N-ethyl adjacent to an activating group) is 1. The van der Waals surface area contributed by atoms with Crippen molar-refractivity contribution in [2.45, 2.75) is 20.3 Å². The van der Waals surface area contributed by atoms with E-state index in [1.54, 1.807) is 16.2 Å². The Bertz CT molecular complexity index is 960. The molecule has 6 nitrogen and oxygen atoms in total. The molecule has 4 rings (SSSR count). The van der Waals surface area contributed by atoms with Gasteiger partial charge >= 0.3 is 0 Å². The maximum absolute atomic E-state index is 12.1. The molecule has 2 aromatic heterocycles. The first-order valence-corrected chi connectivity index (χ1v) is 9.25. The number of rotatable bonds is 4. The van der Waals surface area contributed by atoms with Crippen LogP contribution in [0, 0.1) is 6.92 Å². The molecular weight excluding hydrogens is 336 g/mol.